The first-order chi connectivity index (χ1) is 15.3. The van der Waals surface area contributed by atoms with E-state index in [9.17, 15) is 5.26 Å². The summed E-state index contributed by atoms with van der Waals surface area (Å²) >= 11 is 0. The predicted molar refractivity (Wildman–Crippen MR) is 114 cm³/mol. The number of nitriles is 1. The van der Waals surface area contributed by atoms with Gasteiger partial charge in [0.2, 0.25) is 0 Å². The summed E-state index contributed by atoms with van der Waals surface area (Å²) in [6.07, 6.45) is 8.02. The highest BCUT2D eigenvalue weighted by Gasteiger charge is 2.59. The highest BCUT2D eigenvalue weighted by molar-refractivity contribution is 5.74. The maximum atomic E-state index is 9.27. The summed E-state index contributed by atoms with van der Waals surface area (Å²) in [4.78, 5) is 9.07. The SMILES string of the molecule is [2H]C1([2H])CC2(N=C(N)O1)c1cc(-c3cncc(C#N)c3)ccc1C[C@]21CC[C@@H](OC)CC1. The van der Waals surface area contributed by atoms with Crippen LogP contribution in [0, 0.1) is 16.7 Å². The van der Waals surface area contributed by atoms with E-state index in [2.05, 4.69) is 23.2 Å². The lowest BCUT2D eigenvalue weighted by molar-refractivity contribution is -0.0148. The molecule has 2 heterocycles. The molecular weight excluding hydrogens is 376 g/mol. The fraction of sp³-hybridized carbons (Fsp3) is 0.458. The van der Waals surface area contributed by atoms with Crippen molar-refractivity contribution in [1.82, 2.24) is 4.98 Å². The number of amidine groups is 1. The number of ether oxygens (including phenoxy) is 2. The number of fused-ring (bicyclic) bond motifs is 3. The Balaban J connectivity index is 1.67. The molecule has 2 spiro atoms. The Kier molecular flexibility index (Phi) is 3.99. The number of methoxy groups -OCH3 is 1. The molecule has 1 saturated carbocycles. The molecule has 2 aliphatic carbocycles. The highest BCUT2D eigenvalue weighted by Crippen LogP contribution is 2.62. The van der Waals surface area contributed by atoms with E-state index in [1.165, 1.54) is 5.56 Å². The number of hydrogen-bond acceptors (Lipinski definition) is 6. The second-order valence-corrected chi connectivity index (χ2v) is 8.57. The molecule has 1 unspecified atom stereocenters. The quantitative estimate of drug-likeness (QED) is 0.824. The standard InChI is InChI=1S/C24H26N4O2/c1-29-20-4-6-23(7-5-20)12-18-3-2-17(19-10-16(13-25)14-27-15-19)11-21(18)24(23)8-9-30-22(26)28-24/h2-3,10-11,14-15,20H,4-9,12H2,1H3,(H2,26,28)/t20-,23-,24?/i9D2. The van der Waals surface area contributed by atoms with Crippen LogP contribution < -0.4 is 5.73 Å². The van der Waals surface area contributed by atoms with Crippen LogP contribution in [-0.2, 0) is 21.4 Å². The van der Waals surface area contributed by atoms with Crippen LogP contribution in [0.5, 0.6) is 0 Å². The highest BCUT2D eigenvalue weighted by atomic mass is 16.5. The van der Waals surface area contributed by atoms with E-state index in [0.29, 0.717) is 5.56 Å². The van der Waals surface area contributed by atoms with Gasteiger partial charge in [-0.2, -0.15) is 5.26 Å². The van der Waals surface area contributed by atoms with Gasteiger partial charge in [-0.3, -0.25) is 4.98 Å². The first-order valence-electron chi connectivity index (χ1n) is 11.4. The Labute approximate surface area is 179 Å². The molecular formula is C24H26N4O2. The van der Waals surface area contributed by atoms with Crippen LogP contribution >= 0.6 is 0 Å². The van der Waals surface area contributed by atoms with Gasteiger partial charge in [0.05, 0.1) is 21.0 Å². The normalized spacial score (nSPS) is 32.5. The van der Waals surface area contributed by atoms with Gasteiger partial charge in [0.1, 0.15) is 11.6 Å². The lowest BCUT2D eigenvalue weighted by atomic mass is 9.60. The van der Waals surface area contributed by atoms with Crippen molar-refractivity contribution >= 4 is 6.02 Å². The van der Waals surface area contributed by atoms with E-state index in [1.807, 2.05) is 12.1 Å². The number of nitrogens with two attached hydrogens (primary N) is 1. The maximum absolute atomic E-state index is 9.27. The molecule has 3 aliphatic rings. The molecule has 2 N–H and O–H groups in total. The number of pyridine rings is 1. The molecule has 1 fully saturated rings. The summed E-state index contributed by atoms with van der Waals surface area (Å²) in [5.41, 5.74) is 9.47. The molecule has 1 aromatic heterocycles. The van der Waals surface area contributed by atoms with Crippen molar-refractivity contribution in [2.24, 2.45) is 16.1 Å². The number of nitrogens with zero attached hydrogens (tertiary/aromatic N) is 3. The molecule has 0 amide bonds. The van der Waals surface area contributed by atoms with Crippen LogP contribution in [0.2, 0.25) is 0 Å². The van der Waals surface area contributed by atoms with E-state index >= 15 is 0 Å². The van der Waals surface area contributed by atoms with Crippen molar-refractivity contribution in [2.75, 3.05) is 13.7 Å². The lowest BCUT2D eigenvalue weighted by Crippen LogP contribution is -2.49. The lowest BCUT2D eigenvalue weighted by Gasteiger charge is -2.49. The molecule has 0 radical (unpaired) electrons. The van der Waals surface area contributed by atoms with Gasteiger partial charge < -0.3 is 15.2 Å². The van der Waals surface area contributed by atoms with Crippen LogP contribution in [0.25, 0.3) is 11.1 Å². The Morgan fingerprint density at radius 2 is 2.07 bits per heavy atom. The molecule has 2 aromatic rings. The van der Waals surface area contributed by atoms with Crippen molar-refractivity contribution in [2.45, 2.75) is 50.2 Å². The molecule has 30 heavy (non-hydrogen) atoms. The third-order valence-electron chi connectivity index (χ3n) is 7.19. The van der Waals surface area contributed by atoms with Gasteiger partial charge in [0.25, 0.3) is 6.02 Å². The van der Waals surface area contributed by atoms with Crippen LogP contribution in [0.4, 0.5) is 0 Å². The Morgan fingerprint density at radius 3 is 2.80 bits per heavy atom. The zero-order valence-corrected chi connectivity index (χ0v) is 17.0. The number of hydrogen-bond donors (Lipinski definition) is 1. The molecule has 6 nitrogen and oxygen atoms in total. The van der Waals surface area contributed by atoms with E-state index < -0.39 is 12.1 Å². The summed E-state index contributed by atoms with van der Waals surface area (Å²) in [7, 11) is 1.75. The second kappa shape index (κ2) is 7.10. The van der Waals surface area contributed by atoms with Crippen molar-refractivity contribution in [3.8, 4) is 17.2 Å². The summed E-state index contributed by atoms with van der Waals surface area (Å²) in [5, 5.41) is 9.27. The van der Waals surface area contributed by atoms with Crippen LogP contribution in [0.1, 0.15) is 51.5 Å². The average Bonchev–Trinajstić information content (AvgIpc) is 3.00. The Morgan fingerprint density at radius 1 is 1.23 bits per heavy atom. The monoisotopic (exact) mass is 404 g/mol. The van der Waals surface area contributed by atoms with Gasteiger partial charge in [-0.15, -0.1) is 0 Å². The molecule has 154 valence electrons. The van der Waals surface area contributed by atoms with Crippen LogP contribution in [-0.4, -0.2) is 30.8 Å². The van der Waals surface area contributed by atoms with Gasteiger partial charge in [-0.05, 0) is 60.9 Å². The fourth-order valence-electron chi connectivity index (χ4n) is 5.65. The first-order valence-corrected chi connectivity index (χ1v) is 10.4. The number of benzene rings is 1. The third-order valence-corrected chi connectivity index (χ3v) is 7.19. The predicted octanol–water partition coefficient (Wildman–Crippen LogP) is 3.68. The van der Waals surface area contributed by atoms with Crippen molar-refractivity contribution in [3.63, 3.8) is 0 Å². The summed E-state index contributed by atoms with van der Waals surface area (Å²) < 4.78 is 27.8. The minimum absolute atomic E-state index is 0.0964. The number of rotatable bonds is 2. The van der Waals surface area contributed by atoms with Gasteiger partial charge >= 0.3 is 0 Å². The minimum atomic E-state index is -1.91. The average molecular weight is 405 g/mol. The number of aromatic nitrogens is 1. The molecule has 5 rings (SSSR count). The van der Waals surface area contributed by atoms with Crippen molar-refractivity contribution in [3.05, 3.63) is 53.3 Å². The molecule has 1 atom stereocenters. The zero-order valence-electron chi connectivity index (χ0n) is 19.0. The molecule has 0 bridgehead atoms. The number of aliphatic imine (C=N–C) groups is 1. The first kappa shape index (κ1) is 16.8. The smallest absolute Gasteiger partial charge is 0.282 e. The van der Waals surface area contributed by atoms with Crippen molar-refractivity contribution in [1.29, 1.82) is 5.26 Å². The summed E-state index contributed by atoms with van der Waals surface area (Å²) in [6.45, 7) is -1.91. The van der Waals surface area contributed by atoms with E-state index in [-0.39, 0.29) is 24.0 Å². The van der Waals surface area contributed by atoms with E-state index in [1.54, 1.807) is 19.5 Å². The maximum Gasteiger partial charge on any atom is 0.282 e. The summed E-state index contributed by atoms with van der Waals surface area (Å²) in [6, 6.07) is 10.1. The zero-order chi connectivity index (χ0) is 22.6. The Bertz CT molecular complexity index is 1140. The fourth-order valence-corrected chi connectivity index (χ4v) is 5.65. The molecule has 1 aliphatic heterocycles. The molecule has 0 saturated heterocycles. The van der Waals surface area contributed by atoms with Crippen LogP contribution in [0.3, 0.4) is 0 Å². The largest absolute Gasteiger partial charge is 0.465 e. The topological polar surface area (TPSA) is 93.5 Å². The Hall–Kier alpha value is -2.91. The van der Waals surface area contributed by atoms with Gasteiger partial charge in [-0.1, -0.05) is 12.1 Å². The van der Waals surface area contributed by atoms with Gasteiger partial charge in [-0.25, -0.2) is 4.99 Å². The van der Waals surface area contributed by atoms with Crippen LogP contribution in [0.15, 0.2) is 41.7 Å². The minimum Gasteiger partial charge on any atom is -0.465 e. The molecule has 1 aromatic carbocycles. The van der Waals surface area contributed by atoms with Gasteiger partial charge in [0, 0.05) is 36.9 Å². The van der Waals surface area contributed by atoms with E-state index in [4.69, 9.17) is 22.9 Å². The molecule has 6 heteroatoms. The third kappa shape index (κ3) is 2.80. The van der Waals surface area contributed by atoms with Crippen molar-refractivity contribution < 1.29 is 12.2 Å². The van der Waals surface area contributed by atoms with Gasteiger partial charge in [0.15, 0.2) is 0 Å². The second-order valence-electron chi connectivity index (χ2n) is 8.57. The summed E-state index contributed by atoms with van der Waals surface area (Å²) in [5.74, 6) is 0. The van der Waals surface area contributed by atoms with E-state index in [0.717, 1.165) is 48.8 Å².